The predicted octanol–water partition coefficient (Wildman–Crippen LogP) is 5.34. The van der Waals surface area contributed by atoms with E-state index in [1.807, 2.05) is 81.5 Å². The second-order valence-corrected chi connectivity index (χ2v) is 8.49. The van der Waals surface area contributed by atoms with E-state index in [1.54, 1.807) is 12.5 Å². The first-order valence-electron chi connectivity index (χ1n) is 11.6. The van der Waals surface area contributed by atoms with E-state index in [0.717, 1.165) is 39.2 Å². The van der Waals surface area contributed by atoms with Gasteiger partial charge in [0.1, 0.15) is 30.3 Å². The van der Waals surface area contributed by atoms with Gasteiger partial charge in [-0.15, -0.1) is 0 Å². The number of nitrogens with one attached hydrogen (secondary N) is 2. The quantitative estimate of drug-likeness (QED) is 0.331. The molecular formula is C28H29N5O3. The van der Waals surface area contributed by atoms with E-state index in [9.17, 15) is 4.79 Å². The molecule has 4 rings (SSSR count). The molecule has 184 valence electrons. The maximum absolute atomic E-state index is 11.7. The SMILES string of the molecule is COCC(=O)N[C@H](C)/C=C/c1ccc2ncnc(Nc3ccc(Oc4ccc(C)nc4)c(C)c3)c2c1. The first kappa shape index (κ1) is 24.8. The van der Waals surface area contributed by atoms with E-state index in [1.165, 1.54) is 7.11 Å². The molecular weight excluding hydrogens is 454 g/mol. The molecule has 36 heavy (non-hydrogen) atoms. The van der Waals surface area contributed by atoms with E-state index < -0.39 is 0 Å². The highest BCUT2D eigenvalue weighted by Gasteiger charge is 2.08. The Morgan fingerprint density at radius 3 is 2.67 bits per heavy atom. The lowest BCUT2D eigenvalue weighted by Crippen LogP contribution is -2.33. The van der Waals surface area contributed by atoms with Crippen LogP contribution in [-0.2, 0) is 9.53 Å². The topological polar surface area (TPSA) is 98.3 Å². The van der Waals surface area contributed by atoms with Crippen LogP contribution in [0.3, 0.4) is 0 Å². The van der Waals surface area contributed by atoms with Crippen molar-refractivity contribution in [3.8, 4) is 11.5 Å². The Balaban J connectivity index is 1.51. The Hall–Kier alpha value is -4.30. The predicted molar refractivity (Wildman–Crippen MR) is 142 cm³/mol. The van der Waals surface area contributed by atoms with Crippen molar-refractivity contribution in [2.45, 2.75) is 26.8 Å². The van der Waals surface area contributed by atoms with Crippen LogP contribution in [0, 0.1) is 13.8 Å². The monoisotopic (exact) mass is 483 g/mol. The zero-order chi connectivity index (χ0) is 25.5. The minimum atomic E-state index is -0.157. The van der Waals surface area contributed by atoms with Gasteiger partial charge in [-0.25, -0.2) is 9.97 Å². The van der Waals surface area contributed by atoms with Gasteiger partial charge in [-0.2, -0.15) is 0 Å². The third kappa shape index (κ3) is 6.43. The van der Waals surface area contributed by atoms with Gasteiger partial charge in [-0.1, -0.05) is 18.2 Å². The van der Waals surface area contributed by atoms with Crippen molar-refractivity contribution in [3.63, 3.8) is 0 Å². The second-order valence-electron chi connectivity index (χ2n) is 8.49. The van der Waals surface area contributed by atoms with Crippen molar-refractivity contribution in [1.82, 2.24) is 20.3 Å². The number of methoxy groups -OCH3 is 1. The summed E-state index contributed by atoms with van der Waals surface area (Å²) in [5.74, 6) is 2.00. The highest BCUT2D eigenvalue weighted by molar-refractivity contribution is 5.92. The van der Waals surface area contributed by atoms with E-state index in [2.05, 4.69) is 25.6 Å². The van der Waals surface area contributed by atoms with Crippen molar-refractivity contribution in [1.29, 1.82) is 0 Å². The van der Waals surface area contributed by atoms with Gasteiger partial charge in [-0.05, 0) is 74.4 Å². The number of amides is 1. The Labute approximate surface area is 210 Å². The lowest BCUT2D eigenvalue weighted by molar-refractivity contribution is -0.125. The number of aryl methyl sites for hydroxylation is 2. The number of aromatic nitrogens is 3. The number of hydrogen-bond donors (Lipinski definition) is 2. The first-order valence-corrected chi connectivity index (χ1v) is 11.6. The van der Waals surface area contributed by atoms with Gasteiger partial charge >= 0.3 is 0 Å². The Kier molecular flexibility index (Phi) is 7.87. The van der Waals surface area contributed by atoms with Crippen molar-refractivity contribution < 1.29 is 14.3 Å². The molecule has 0 aliphatic carbocycles. The number of ether oxygens (including phenoxy) is 2. The molecule has 0 aliphatic heterocycles. The van der Waals surface area contributed by atoms with Gasteiger partial charge in [0.2, 0.25) is 5.91 Å². The van der Waals surface area contributed by atoms with E-state index in [4.69, 9.17) is 9.47 Å². The number of nitrogens with zero attached hydrogens (tertiary/aromatic N) is 3. The summed E-state index contributed by atoms with van der Waals surface area (Å²) in [4.78, 5) is 24.8. The van der Waals surface area contributed by atoms with Gasteiger partial charge in [-0.3, -0.25) is 9.78 Å². The summed E-state index contributed by atoms with van der Waals surface area (Å²) in [5.41, 5.74) is 4.61. The molecule has 2 aromatic heterocycles. The van der Waals surface area contributed by atoms with Crippen LogP contribution < -0.4 is 15.4 Å². The van der Waals surface area contributed by atoms with Crippen LogP contribution in [0.1, 0.15) is 23.7 Å². The number of anilines is 2. The molecule has 0 unspecified atom stereocenters. The van der Waals surface area contributed by atoms with Crippen LogP contribution in [0.4, 0.5) is 11.5 Å². The van der Waals surface area contributed by atoms with Gasteiger partial charge in [0.15, 0.2) is 0 Å². The highest BCUT2D eigenvalue weighted by Crippen LogP contribution is 2.30. The summed E-state index contributed by atoms with van der Waals surface area (Å²) >= 11 is 0. The van der Waals surface area contributed by atoms with Crippen LogP contribution in [-0.4, -0.2) is 40.6 Å². The van der Waals surface area contributed by atoms with Crippen molar-refractivity contribution in [2.24, 2.45) is 0 Å². The van der Waals surface area contributed by atoms with Gasteiger partial charge in [0.25, 0.3) is 0 Å². The molecule has 0 fully saturated rings. The Morgan fingerprint density at radius 1 is 1.06 bits per heavy atom. The molecule has 0 aliphatic rings. The Morgan fingerprint density at radius 2 is 1.92 bits per heavy atom. The van der Waals surface area contributed by atoms with Crippen LogP contribution in [0.25, 0.3) is 17.0 Å². The maximum Gasteiger partial charge on any atom is 0.246 e. The fraction of sp³-hybridized carbons (Fsp3) is 0.214. The van der Waals surface area contributed by atoms with Crippen molar-refractivity contribution in [2.75, 3.05) is 19.0 Å². The third-order valence-electron chi connectivity index (χ3n) is 5.45. The minimum absolute atomic E-state index is 0.0380. The maximum atomic E-state index is 11.7. The number of hydrogen-bond acceptors (Lipinski definition) is 7. The number of benzene rings is 2. The fourth-order valence-electron chi connectivity index (χ4n) is 3.63. The summed E-state index contributed by atoms with van der Waals surface area (Å²) in [5, 5.41) is 7.15. The van der Waals surface area contributed by atoms with Crippen LogP contribution >= 0.6 is 0 Å². The average Bonchev–Trinajstić information content (AvgIpc) is 2.86. The Bertz CT molecular complexity index is 1390. The third-order valence-corrected chi connectivity index (χ3v) is 5.45. The van der Waals surface area contributed by atoms with Crippen LogP contribution in [0.15, 0.2) is 67.1 Å². The molecule has 1 atom stereocenters. The molecule has 0 radical (unpaired) electrons. The summed E-state index contributed by atoms with van der Waals surface area (Å²) in [6.45, 7) is 5.88. The molecule has 0 saturated heterocycles. The molecule has 8 heteroatoms. The highest BCUT2D eigenvalue weighted by atomic mass is 16.5. The van der Waals surface area contributed by atoms with Gasteiger partial charge in [0, 0.05) is 29.9 Å². The number of pyridine rings is 1. The molecule has 4 aromatic rings. The molecule has 2 aromatic carbocycles. The molecule has 8 nitrogen and oxygen atoms in total. The van der Waals surface area contributed by atoms with Gasteiger partial charge < -0.3 is 20.1 Å². The molecule has 0 bridgehead atoms. The van der Waals surface area contributed by atoms with E-state index in [0.29, 0.717) is 11.6 Å². The molecule has 2 N–H and O–H groups in total. The molecule has 1 amide bonds. The number of carbonyl (C=O) groups excluding carboxylic acids is 1. The van der Waals surface area contributed by atoms with Crippen molar-refractivity contribution >= 4 is 34.4 Å². The summed E-state index contributed by atoms with van der Waals surface area (Å²) in [6.07, 6.45) is 7.15. The smallest absolute Gasteiger partial charge is 0.246 e. The number of carbonyl (C=O) groups is 1. The lowest BCUT2D eigenvalue weighted by atomic mass is 10.1. The van der Waals surface area contributed by atoms with Crippen molar-refractivity contribution in [3.05, 3.63) is 84.0 Å². The first-order chi connectivity index (χ1) is 17.4. The van der Waals surface area contributed by atoms with E-state index in [-0.39, 0.29) is 18.6 Å². The van der Waals surface area contributed by atoms with E-state index >= 15 is 0 Å². The lowest BCUT2D eigenvalue weighted by Gasteiger charge is -2.13. The standard InChI is InChI=1S/C28H29N5O3/c1-18-13-22(9-12-26(18)36-23-10-6-19(2)29-15-23)33-28-24-14-21(8-11-25(24)30-17-31-28)7-5-20(3)32-27(34)16-35-4/h5-15,17,20H,16H2,1-4H3,(H,32,34)(H,30,31,33)/b7-5+/t20-/m1/s1. The van der Waals surface area contributed by atoms with Crippen LogP contribution in [0.2, 0.25) is 0 Å². The zero-order valence-corrected chi connectivity index (χ0v) is 20.8. The molecule has 2 heterocycles. The summed E-state index contributed by atoms with van der Waals surface area (Å²) in [6, 6.07) is 15.5. The summed E-state index contributed by atoms with van der Waals surface area (Å²) < 4.78 is 10.8. The zero-order valence-electron chi connectivity index (χ0n) is 20.8. The normalized spacial score (nSPS) is 12.0. The molecule has 0 saturated carbocycles. The molecule has 0 spiro atoms. The van der Waals surface area contributed by atoms with Crippen LogP contribution in [0.5, 0.6) is 11.5 Å². The largest absolute Gasteiger partial charge is 0.455 e. The second kappa shape index (κ2) is 11.4. The number of fused-ring (bicyclic) bond motifs is 1. The average molecular weight is 484 g/mol. The minimum Gasteiger partial charge on any atom is -0.455 e. The van der Waals surface area contributed by atoms with Gasteiger partial charge in [0.05, 0.1) is 11.7 Å². The number of rotatable bonds is 9. The summed E-state index contributed by atoms with van der Waals surface area (Å²) in [7, 11) is 1.50. The fourth-order valence-corrected chi connectivity index (χ4v) is 3.63.